The average molecular weight is 342 g/mol. The van der Waals surface area contributed by atoms with E-state index in [1.54, 1.807) is 0 Å². The monoisotopic (exact) mass is 342 g/mol. The number of thiol groups is 1. The van der Waals surface area contributed by atoms with Gasteiger partial charge in [0.25, 0.3) is 0 Å². The van der Waals surface area contributed by atoms with E-state index >= 15 is 0 Å². The lowest BCUT2D eigenvalue weighted by Crippen LogP contribution is -2.42. The Morgan fingerprint density at radius 2 is 1.58 bits per heavy atom. The van der Waals surface area contributed by atoms with Crippen molar-refractivity contribution >= 4 is 46.3 Å². The second-order valence-electron chi connectivity index (χ2n) is 5.58. The molecule has 0 aliphatic rings. The van der Waals surface area contributed by atoms with Gasteiger partial charge < -0.3 is 15.0 Å². The first-order valence-corrected chi connectivity index (χ1v) is 8.34. The number of para-hydroxylation sites is 2. The molecule has 0 radical (unpaired) electrons. The maximum Gasteiger partial charge on any atom is 0.327 e. The number of benzene rings is 2. The van der Waals surface area contributed by atoms with E-state index in [1.807, 2.05) is 36.4 Å². The average Bonchev–Trinajstić information content (AvgIpc) is 2.91. The molecule has 1 amide bonds. The van der Waals surface area contributed by atoms with Gasteiger partial charge in [-0.25, -0.2) is 4.79 Å². The summed E-state index contributed by atoms with van der Waals surface area (Å²) in [4.78, 5) is 23.0. The number of nitrogens with zero attached hydrogens (tertiary/aromatic N) is 1. The van der Waals surface area contributed by atoms with Crippen LogP contribution in [0.2, 0.25) is 0 Å². The zero-order valence-corrected chi connectivity index (χ0v) is 13.9. The summed E-state index contributed by atoms with van der Waals surface area (Å²) in [5.41, 5.74) is 2.13. The van der Waals surface area contributed by atoms with Gasteiger partial charge >= 0.3 is 5.97 Å². The van der Waals surface area contributed by atoms with E-state index in [2.05, 4.69) is 34.6 Å². The van der Waals surface area contributed by atoms with Gasteiger partial charge in [-0.2, -0.15) is 12.6 Å². The van der Waals surface area contributed by atoms with E-state index in [0.717, 1.165) is 21.8 Å². The number of aromatic nitrogens is 1. The van der Waals surface area contributed by atoms with Crippen molar-refractivity contribution in [2.45, 2.75) is 19.0 Å². The molecule has 0 aliphatic carbocycles. The topological polar surface area (TPSA) is 71.3 Å². The first-order chi connectivity index (χ1) is 11.6. The number of aryl methyl sites for hydroxylation is 1. The molecular formula is C18H18N2O3S. The van der Waals surface area contributed by atoms with Gasteiger partial charge in [0, 0.05) is 40.5 Å². The minimum Gasteiger partial charge on any atom is -0.480 e. The van der Waals surface area contributed by atoms with Crippen molar-refractivity contribution in [1.82, 2.24) is 9.88 Å². The number of rotatable bonds is 6. The fourth-order valence-electron chi connectivity index (χ4n) is 2.91. The smallest absolute Gasteiger partial charge is 0.327 e. The van der Waals surface area contributed by atoms with Crippen molar-refractivity contribution in [3.8, 4) is 0 Å². The van der Waals surface area contributed by atoms with E-state index in [4.69, 9.17) is 5.11 Å². The number of amides is 1. The molecule has 24 heavy (non-hydrogen) atoms. The first kappa shape index (κ1) is 16.4. The summed E-state index contributed by atoms with van der Waals surface area (Å²) in [5, 5.41) is 13.8. The van der Waals surface area contributed by atoms with Gasteiger partial charge in [0.1, 0.15) is 6.04 Å². The fourth-order valence-corrected chi connectivity index (χ4v) is 3.16. The Morgan fingerprint density at radius 3 is 2.08 bits per heavy atom. The van der Waals surface area contributed by atoms with Crippen LogP contribution in [-0.4, -0.2) is 33.3 Å². The van der Waals surface area contributed by atoms with Crippen molar-refractivity contribution < 1.29 is 14.7 Å². The van der Waals surface area contributed by atoms with Crippen molar-refractivity contribution in [3.63, 3.8) is 0 Å². The largest absolute Gasteiger partial charge is 0.480 e. The molecule has 0 saturated carbocycles. The predicted molar refractivity (Wildman–Crippen MR) is 97.5 cm³/mol. The maximum absolute atomic E-state index is 12.1. The first-order valence-electron chi connectivity index (χ1n) is 7.71. The Balaban J connectivity index is 1.84. The summed E-state index contributed by atoms with van der Waals surface area (Å²) in [6.07, 6.45) is 0.209. The van der Waals surface area contributed by atoms with Crippen LogP contribution in [-0.2, 0) is 16.1 Å². The number of hydrogen-bond acceptors (Lipinski definition) is 3. The van der Waals surface area contributed by atoms with Gasteiger partial charge in [-0.05, 0) is 12.1 Å². The summed E-state index contributed by atoms with van der Waals surface area (Å²) < 4.78 is 2.10. The Hall–Kier alpha value is -2.47. The van der Waals surface area contributed by atoms with E-state index < -0.39 is 12.0 Å². The van der Waals surface area contributed by atoms with Crippen LogP contribution >= 0.6 is 12.6 Å². The van der Waals surface area contributed by atoms with E-state index in [9.17, 15) is 9.59 Å². The molecule has 1 heterocycles. The molecule has 0 fully saturated rings. The Bertz CT molecular complexity index is 850. The van der Waals surface area contributed by atoms with Crippen LogP contribution < -0.4 is 5.32 Å². The number of carbonyl (C=O) groups is 2. The Kier molecular flexibility index (Phi) is 4.76. The molecule has 3 rings (SSSR count). The molecule has 0 aliphatic heterocycles. The summed E-state index contributed by atoms with van der Waals surface area (Å²) in [5.74, 6) is -1.30. The number of aliphatic carboxylic acids is 1. The lowest BCUT2D eigenvalue weighted by Gasteiger charge is -2.12. The molecule has 0 bridgehead atoms. The van der Waals surface area contributed by atoms with Crippen LogP contribution in [0.1, 0.15) is 6.42 Å². The van der Waals surface area contributed by atoms with Gasteiger partial charge in [-0.3, -0.25) is 4.79 Å². The lowest BCUT2D eigenvalue weighted by molar-refractivity contribution is -0.141. The summed E-state index contributed by atoms with van der Waals surface area (Å²) in [7, 11) is 0. The molecule has 2 aromatic carbocycles. The number of nitrogens with one attached hydrogen (secondary N) is 1. The number of carboxylic acid groups (broad SMARTS) is 1. The lowest BCUT2D eigenvalue weighted by atomic mass is 10.2. The highest BCUT2D eigenvalue weighted by atomic mass is 32.1. The molecular weight excluding hydrogens is 324 g/mol. The minimum atomic E-state index is -1.07. The quantitative estimate of drug-likeness (QED) is 0.603. The SMILES string of the molecule is O=C(CCn1c2ccccc2c2ccccc21)N[C@@H](CS)C(=O)O. The summed E-state index contributed by atoms with van der Waals surface area (Å²) >= 11 is 3.95. The Labute approximate surface area is 144 Å². The van der Waals surface area contributed by atoms with Gasteiger partial charge in [0.15, 0.2) is 0 Å². The third-order valence-corrected chi connectivity index (χ3v) is 4.42. The highest BCUT2D eigenvalue weighted by molar-refractivity contribution is 7.80. The van der Waals surface area contributed by atoms with Gasteiger partial charge in [-0.1, -0.05) is 36.4 Å². The molecule has 0 saturated heterocycles. The number of carboxylic acids is 1. The molecule has 0 unspecified atom stereocenters. The third-order valence-electron chi connectivity index (χ3n) is 4.06. The zero-order chi connectivity index (χ0) is 17.1. The standard InChI is InChI=1S/C18H18N2O3S/c21-17(19-14(11-24)18(22)23)9-10-20-15-7-3-1-5-12(15)13-6-2-4-8-16(13)20/h1-8,14,24H,9-11H2,(H,19,21)(H,22,23)/t14-/m0/s1. The minimum absolute atomic E-state index is 0.0659. The van der Waals surface area contributed by atoms with Crippen molar-refractivity contribution in [3.05, 3.63) is 48.5 Å². The third kappa shape index (κ3) is 3.10. The normalized spacial score (nSPS) is 12.4. The van der Waals surface area contributed by atoms with Crippen LogP contribution in [0.25, 0.3) is 21.8 Å². The van der Waals surface area contributed by atoms with Crippen LogP contribution in [0.5, 0.6) is 0 Å². The molecule has 5 nitrogen and oxygen atoms in total. The number of carbonyl (C=O) groups excluding carboxylic acids is 1. The fraction of sp³-hybridized carbons (Fsp3) is 0.222. The molecule has 0 spiro atoms. The Morgan fingerprint density at radius 1 is 1.04 bits per heavy atom. The summed E-state index contributed by atoms with van der Waals surface area (Å²) in [6.45, 7) is 0.485. The van der Waals surface area contributed by atoms with Gasteiger partial charge in [0.05, 0.1) is 0 Å². The molecule has 2 N–H and O–H groups in total. The van der Waals surface area contributed by atoms with Gasteiger partial charge in [0.2, 0.25) is 5.91 Å². The van der Waals surface area contributed by atoms with Crippen LogP contribution in [0.4, 0.5) is 0 Å². The summed E-state index contributed by atoms with van der Waals surface area (Å²) in [6, 6.07) is 15.2. The van der Waals surface area contributed by atoms with Crippen LogP contribution in [0.3, 0.4) is 0 Å². The highest BCUT2D eigenvalue weighted by Crippen LogP contribution is 2.28. The maximum atomic E-state index is 12.1. The van der Waals surface area contributed by atoms with E-state index in [1.165, 1.54) is 0 Å². The zero-order valence-electron chi connectivity index (χ0n) is 13.0. The van der Waals surface area contributed by atoms with Gasteiger partial charge in [-0.15, -0.1) is 0 Å². The van der Waals surface area contributed by atoms with Crippen LogP contribution in [0, 0.1) is 0 Å². The second kappa shape index (κ2) is 6.97. The van der Waals surface area contributed by atoms with E-state index in [0.29, 0.717) is 6.54 Å². The molecule has 6 heteroatoms. The second-order valence-corrected chi connectivity index (χ2v) is 5.94. The number of fused-ring (bicyclic) bond motifs is 3. The van der Waals surface area contributed by atoms with Crippen molar-refractivity contribution in [1.29, 1.82) is 0 Å². The molecule has 124 valence electrons. The molecule has 1 atom stereocenters. The predicted octanol–water partition coefficient (Wildman–Crippen LogP) is 2.68. The highest BCUT2D eigenvalue weighted by Gasteiger charge is 2.18. The van der Waals surface area contributed by atoms with E-state index in [-0.39, 0.29) is 18.1 Å². The molecule has 1 aromatic heterocycles. The van der Waals surface area contributed by atoms with Crippen molar-refractivity contribution in [2.24, 2.45) is 0 Å². The number of hydrogen-bond donors (Lipinski definition) is 3. The van der Waals surface area contributed by atoms with Crippen molar-refractivity contribution in [2.75, 3.05) is 5.75 Å². The molecule has 3 aromatic rings. The van der Waals surface area contributed by atoms with Crippen LogP contribution in [0.15, 0.2) is 48.5 Å².